The molecule has 0 aliphatic carbocycles. The Morgan fingerprint density at radius 1 is 1.40 bits per heavy atom. The zero-order valence-electron chi connectivity index (χ0n) is 8.11. The van der Waals surface area contributed by atoms with Crippen molar-refractivity contribution < 1.29 is 9.90 Å². The summed E-state index contributed by atoms with van der Waals surface area (Å²) in [6, 6.07) is 9.50. The molecule has 0 heterocycles. The molecule has 0 radical (unpaired) electrons. The molecule has 80 valence electrons. The first-order valence-electron chi connectivity index (χ1n) is 4.48. The predicted molar refractivity (Wildman–Crippen MR) is 63.4 cm³/mol. The Bertz CT molecular complexity index is 349. The number of amides is 1. The van der Waals surface area contributed by atoms with Crippen molar-refractivity contribution in [2.75, 3.05) is 11.9 Å². The van der Waals surface area contributed by atoms with Gasteiger partial charge in [-0.3, -0.25) is 4.79 Å². The second-order valence-corrected chi connectivity index (χ2v) is 3.48. The van der Waals surface area contributed by atoms with Gasteiger partial charge in [0.05, 0.1) is 11.9 Å². The Morgan fingerprint density at radius 2 is 2.07 bits per heavy atom. The lowest BCUT2D eigenvalue weighted by Crippen LogP contribution is -2.25. The van der Waals surface area contributed by atoms with E-state index in [0.29, 0.717) is 5.70 Å². The molecule has 0 atom stereocenters. The third-order valence-corrected chi connectivity index (χ3v) is 2.24. The normalized spacial score (nSPS) is 11.2. The van der Waals surface area contributed by atoms with Crippen LogP contribution in [0.3, 0.4) is 0 Å². The maximum absolute atomic E-state index is 11.1. The fourth-order valence-electron chi connectivity index (χ4n) is 1.08. The van der Waals surface area contributed by atoms with Crippen LogP contribution in [-0.2, 0) is 4.79 Å². The molecule has 0 saturated carbocycles. The van der Waals surface area contributed by atoms with Crippen LogP contribution < -0.4 is 5.32 Å². The molecule has 1 aromatic carbocycles. The Hall–Kier alpha value is -1.13. The third kappa shape index (κ3) is 4.27. The predicted octanol–water partition coefficient (Wildman–Crippen LogP) is 1.53. The Balaban J connectivity index is 2.74. The molecule has 0 spiro atoms. The molecule has 0 aliphatic heterocycles. The Kier molecular flexibility index (Phi) is 5.07. The van der Waals surface area contributed by atoms with Crippen molar-refractivity contribution in [1.82, 2.24) is 5.32 Å². The van der Waals surface area contributed by atoms with Crippen molar-refractivity contribution in [3.63, 3.8) is 0 Å². The first-order chi connectivity index (χ1) is 7.26. The summed E-state index contributed by atoms with van der Waals surface area (Å²) < 4.78 is 0. The van der Waals surface area contributed by atoms with Crippen LogP contribution in [0.25, 0.3) is 6.08 Å². The molecule has 0 aliphatic rings. The minimum atomic E-state index is -0.187. The van der Waals surface area contributed by atoms with Gasteiger partial charge in [-0.15, -0.1) is 0 Å². The maximum atomic E-state index is 11.1. The summed E-state index contributed by atoms with van der Waals surface area (Å²) in [5.74, 6) is -0.175. The van der Waals surface area contributed by atoms with Crippen LogP contribution in [-0.4, -0.2) is 23.0 Å². The van der Waals surface area contributed by atoms with Gasteiger partial charge in [0, 0.05) is 5.70 Å². The number of carbonyl (C=O) groups is 1. The largest absolute Gasteiger partial charge is 0.390 e. The Labute approximate surface area is 96.9 Å². The number of hydrogen-bond acceptors (Lipinski definition) is 2. The number of aliphatic hydroxyl groups is 1. The topological polar surface area (TPSA) is 49.3 Å². The molecule has 0 bridgehead atoms. The summed E-state index contributed by atoms with van der Waals surface area (Å²) in [6.45, 7) is -0.187. The van der Waals surface area contributed by atoms with E-state index in [1.165, 1.54) is 0 Å². The van der Waals surface area contributed by atoms with Crippen molar-refractivity contribution in [1.29, 1.82) is 0 Å². The van der Waals surface area contributed by atoms with Crippen LogP contribution in [0.5, 0.6) is 0 Å². The minimum absolute atomic E-state index is 0.175. The lowest BCUT2D eigenvalue weighted by Gasteiger charge is -2.05. The standard InChI is InChI=1S/C11H12BrNO2/c12-7-11(15)13-10(8-14)6-9-4-2-1-3-5-9/h1-6,14H,7-8H2,(H,13,15). The fraction of sp³-hybridized carbons (Fsp3) is 0.182. The van der Waals surface area contributed by atoms with Crippen molar-refractivity contribution in [3.05, 3.63) is 41.6 Å². The second kappa shape index (κ2) is 6.37. The molecule has 3 nitrogen and oxygen atoms in total. The third-order valence-electron chi connectivity index (χ3n) is 1.73. The maximum Gasteiger partial charge on any atom is 0.234 e. The molecule has 0 fully saturated rings. The molecule has 1 aromatic rings. The van der Waals surface area contributed by atoms with Crippen LogP contribution in [0.1, 0.15) is 5.56 Å². The van der Waals surface area contributed by atoms with E-state index in [-0.39, 0.29) is 17.8 Å². The van der Waals surface area contributed by atoms with Crippen molar-refractivity contribution >= 4 is 27.9 Å². The van der Waals surface area contributed by atoms with E-state index >= 15 is 0 Å². The number of carbonyl (C=O) groups excluding carboxylic acids is 1. The summed E-state index contributed by atoms with van der Waals surface area (Å²) >= 11 is 3.04. The zero-order valence-corrected chi connectivity index (χ0v) is 9.70. The van der Waals surface area contributed by atoms with Gasteiger partial charge < -0.3 is 10.4 Å². The molecule has 0 unspecified atom stereocenters. The van der Waals surface area contributed by atoms with E-state index in [0.717, 1.165) is 5.56 Å². The van der Waals surface area contributed by atoms with Crippen LogP contribution >= 0.6 is 15.9 Å². The van der Waals surface area contributed by atoms with Crippen LogP contribution in [0.2, 0.25) is 0 Å². The Morgan fingerprint density at radius 3 is 2.60 bits per heavy atom. The number of nitrogens with one attached hydrogen (secondary N) is 1. The van der Waals surface area contributed by atoms with Gasteiger partial charge >= 0.3 is 0 Å². The summed E-state index contributed by atoms with van der Waals surface area (Å²) in [5.41, 5.74) is 1.43. The lowest BCUT2D eigenvalue weighted by atomic mass is 10.2. The first kappa shape index (κ1) is 11.9. The van der Waals surface area contributed by atoms with Gasteiger partial charge in [-0.05, 0) is 11.6 Å². The SMILES string of the molecule is O=C(CBr)NC(=Cc1ccccc1)CO. The van der Waals surface area contributed by atoms with Crippen molar-refractivity contribution in [3.8, 4) is 0 Å². The zero-order chi connectivity index (χ0) is 11.1. The van der Waals surface area contributed by atoms with Crippen molar-refractivity contribution in [2.24, 2.45) is 0 Å². The molecule has 0 aromatic heterocycles. The fourth-order valence-corrected chi connectivity index (χ4v) is 1.22. The monoisotopic (exact) mass is 269 g/mol. The van der Waals surface area contributed by atoms with Gasteiger partial charge in [-0.2, -0.15) is 0 Å². The molecule has 1 amide bonds. The van der Waals surface area contributed by atoms with E-state index in [1.807, 2.05) is 30.3 Å². The quantitative estimate of drug-likeness (QED) is 0.815. The molecule has 4 heteroatoms. The summed E-state index contributed by atoms with van der Waals surface area (Å²) in [6.07, 6.45) is 1.74. The second-order valence-electron chi connectivity index (χ2n) is 2.92. The van der Waals surface area contributed by atoms with Crippen LogP contribution in [0, 0.1) is 0 Å². The number of rotatable bonds is 4. The van der Waals surface area contributed by atoms with Gasteiger partial charge in [0.1, 0.15) is 0 Å². The van der Waals surface area contributed by atoms with E-state index in [4.69, 9.17) is 5.11 Å². The number of aliphatic hydroxyl groups excluding tert-OH is 1. The van der Waals surface area contributed by atoms with E-state index < -0.39 is 0 Å². The van der Waals surface area contributed by atoms with Crippen LogP contribution in [0.15, 0.2) is 36.0 Å². The highest BCUT2D eigenvalue weighted by atomic mass is 79.9. The summed E-state index contributed by atoms with van der Waals surface area (Å²) in [7, 11) is 0. The number of halogens is 1. The smallest absolute Gasteiger partial charge is 0.234 e. The van der Waals surface area contributed by atoms with E-state index in [2.05, 4.69) is 21.2 Å². The lowest BCUT2D eigenvalue weighted by molar-refractivity contribution is -0.117. The minimum Gasteiger partial charge on any atom is -0.390 e. The number of benzene rings is 1. The van der Waals surface area contributed by atoms with Gasteiger partial charge in [0.15, 0.2) is 0 Å². The van der Waals surface area contributed by atoms with Gasteiger partial charge in [-0.1, -0.05) is 46.3 Å². The van der Waals surface area contributed by atoms with Crippen LogP contribution in [0.4, 0.5) is 0 Å². The van der Waals surface area contributed by atoms with Gasteiger partial charge in [-0.25, -0.2) is 0 Å². The molecular weight excluding hydrogens is 258 g/mol. The summed E-state index contributed by atoms with van der Waals surface area (Å²) in [4.78, 5) is 11.1. The summed E-state index contributed by atoms with van der Waals surface area (Å²) in [5, 5.41) is 11.8. The average molecular weight is 270 g/mol. The van der Waals surface area contributed by atoms with Crippen molar-refractivity contribution in [2.45, 2.75) is 0 Å². The molecular formula is C11H12BrNO2. The van der Waals surface area contributed by atoms with E-state index in [1.54, 1.807) is 6.08 Å². The van der Waals surface area contributed by atoms with Gasteiger partial charge in [0.25, 0.3) is 0 Å². The highest BCUT2D eigenvalue weighted by Gasteiger charge is 2.01. The average Bonchev–Trinajstić information content (AvgIpc) is 2.29. The first-order valence-corrected chi connectivity index (χ1v) is 5.60. The molecule has 1 rings (SSSR count). The van der Waals surface area contributed by atoms with Gasteiger partial charge in [0.2, 0.25) is 5.91 Å². The molecule has 15 heavy (non-hydrogen) atoms. The van der Waals surface area contributed by atoms with E-state index in [9.17, 15) is 4.79 Å². The highest BCUT2D eigenvalue weighted by molar-refractivity contribution is 9.09. The number of hydrogen-bond donors (Lipinski definition) is 2. The molecule has 2 N–H and O–H groups in total. The highest BCUT2D eigenvalue weighted by Crippen LogP contribution is 2.04. The molecule has 0 saturated heterocycles. The number of alkyl halides is 1.